The third kappa shape index (κ3) is 2.11. The van der Waals surface area contributed by atoms with E-state index >= 15 is 0 Å². The maximum atomic E-state index is 9.67. The Morgan fingerprint density at radius 3 is 2.80 bits per heavy atom. The second-order valence-corrected chi connectivity index (χ2v) is 3.91. The maximum Gasteiger partial charge on any atom is 0.101 e. The molecule has 0 unspecified atom stereocenters. The molecule has 1 aromatic rings. The molecule has 78 valence electrons. The highest BCUT2D eigenvalue weighted by Crippen LogP contribution is 2.24. The number of anilines is 1. The van der Waals surface area contributed by atoms with Gasteiger partial charge in [-0.1, -0.05) is 12.1 Å². The Labute approximate surface area is 89.4 Å². The second kappa shape index (κ2) is 4.33. The van der Waals surface area contributed by atoms with Crippen molar-refractivity contribution in [2.45, 2.75) is 31.4 Å². The van der Waals surface area contributed by atoms with E-state index in [1.807, 2.05) is 18.2 Å². The number of hydrogen-bond donors (Lipinski definition) is 2. The Kier molecular flexibility index (Phi) is 2.89. The first kappa shape index (κ1) is 10.0. The zero-order valence-corrected chi connectivity index (χ0v) is 8.48. The molecule has 0 amide bonds. The van der Waals surface area contributed by atoms with Gasteiger partial charge in [0.15, 0.2) is 0 Å². The van der Waals surface area contributed by atoms with Crippen molar-refractivity contribution < 1.29 is 5.11 Å². The van der Waals surface area contributed by atoms with Crippen LogP contribution in [-0.4, -0.2) is 17.3 Å². The molecule has 0 spiro atoms. The minimum atomic E-state index is -0.281. The van der Waals surface area contributed by atoms with E-state index in [1.54, 1.807) is 6.07 Å². The smallest absolute Gasteiger partial charge is 0.101 e. The van der Waals surface area contributed by atoms with E-state index in [0.29, 0.717) is 5.56 Å². The zero-order valence-electron chi connectivity index (χ0n) is 8.48. The highest BCUT2D eigenvalue weighted by molar-refractivity contribution is 5.57. The summed E-state index contributed by atoms with van der Waals surface area (Å²) in [6.07, 6.45) is 2.60. The molecule has 0 saturated heterocycles. The Hall–Kier alpha value is -1.53. The molecule has 0 heterocycles. The molecule has 1 saturated carbocycles. The Morgan fingerprint density at radius 2 is 2.13 bits per heavy atom. The van der Waals surface area contributed by atoms with Gasteiger partial charge in [-0.3, -0.25) is 0 Å². The fourth-order valence-electron chi connectivity index (χ4n) is 2.02. The molecule has 1 fully saturated rings. The summed E-state index contributed by atoms with van der Waals surface area (Å²) >= 11 is 0. The number of benzene rings is 1. The molecule has 3 nitrogen and oxygen atoms in total. The molecule has 0 aromatic heterocycles. The van der Waals surface area contributed by atoms with Crippen LogP contribution in [0.5, 0.6) is 0 Å². The summed E-state index contributed by atoms with van der Waals surface area (Å²) in [5.74, 6) is 0. The molecule has 2 N–H and O–H groups in total. The molecule has 15 heavy (non-hydrogen) atoms. The monoisotopic (exact) mass is 202 g/mol. The molecule has 1 aliphatic carbocycles. The lowest BCUT2D eigenvalue weighted by molar-refractivity contribution is 0.172. The van der Waals surface area contributed by atoms with Gasteiger partial charge in [-0.25, -0.2) is 0 Å². The highest BCUT2D eigenvalue weighted by Gasteiger charge is 2.25. The second-order valence-electron chi connectivity index (χ2n) is 3.91. The molecule has 0 aliphatic heterocycles. The van der Waals surface area contributed by atoms with Gasteiger partial charge in [0, 0.05) is 0 Å². The Bertz CT molecular complexity index is 383. The predicted octanol–water partition coefficient (Wildman–Crippen LogP) is 1.88. The van der Waals surface area contributed by atoms with Crippen LogP contribution in [0.2, 0.25) is 0 Å². The lowest BCUT2D eigenvalue weighted by Gasteiger charge is -2.18. The molecule has 2 atom stereocenters. The number of hydrogen-bond acceptors (Lipinski definition) is 3. The van der Waals surface area contributed by atoms with Crippen molar-refractivity contribution in [3.05, 3.63) is 29.8 Å². The topological polar surface area (TPSA) is 56.0 Å². The number of aliphatic hydroxyl groups excluding tert-OH is 1. The number of para-hydroxylation sites is 1. The Balaban J connectivity index is 2.14. The van der Waals surface area contributed by atoms with Gasteiger partial charge >= 0.3 is 0 Å². The van der Waals surface area contributed by atoms with Crippen molar-refractivity contribution in [3.63, 3.8) is 0 Å². The molecule has 2 rings (SSSR count). The first-order chi connectivity index (χ1) is 7.31. The molecule has 1 aromatic carbocycles. The summed E-state index contributed by atoms with van der Waals surface area (Å²) < 4.78 is 0. The molecular formula is C12H14N2O. The predicted molar refractivity (Wildman–Crippen MR) is 58.4 cm³/mol. The van der Waals surface area contributed by atoms with E-state index < -0.39 is 0 Å². The number of nitrogens with zero attached hydrogens (tertiary/aromatic N) is 1. The van der Waals surface area contributed by atoms with E-state index in [4.69, 9.17) is 5.26 Å². The van der Waals surface area contributed by atoms with E-state index in [1.165, 1.54) is 0 Å². The summed E-state index contributed by atoms with van der Waals surface area (Å²) in [6, 6.07) is 9.63. The van der Waals surface area contributed by atoms with Crippen LogP contribution < -0.4 is 5.32 Å². The number of nitrogens with one attached hydrogen (secondary N) is 1. The molecule has 0 bridgehead atoms. The standard InChI is InChI=1S/C12H14N2O/c13-8-9-4-1-2-5-10(9)14-11-6-3-7-12(11)15/h1-2,4-5,11-12,14-15H,3,6-7H2/t11-,12-/m0/s1. The van der Waals surface area contributed by atoms with Crippen molar-refractivity contribution in [1.29, 1.82) is 5.26 Å². The van der Waals surface area contributed by atoms with Crippen molar-refractivity contribution in [1.82, 2.24) is 0 Å². The Morgan fingerprint density at radius 1 is 1.33 bits per heavy atom. The average molecular weight is 202 g/mol. The minimum Gasteiger partial charge on any atom is -0.391 e. The summed E-state index contributed by atoms with van der Waals surface area (Å²) in [6.45, 7) is 0. The lowest BCUT2D eigenvalue weighted by atomic mass is 10.1. The molecular weight excluding hydrogens is 188 g/mol. The highest BCUT2D eigenvalue weighted by atomic mass is 16.3. The van der Waals surface area contributed by atoms with Gasteiger partial charge in [-0.05, 0) is 31.4 Å². The van der Waals surface area contributed by atoms with Crippen molar-refractivity contribution >= 4 is 5.69 Å². The number of nitriles is 1. The fraction of sp³-hybridized carbons (Fsp3) is 0.417. The third-order valence-electron chi connectivity index (χ3n) is 2.87. The van der Waals surface area contributed by atoms with Crippen molar-refractivity contribution in [2.75, 3.05) is 5.32 Å². The molecule has 0 radical (unpaired) electrons. The normalized spacial score (nSPS) is 24.8. The van der Waals surface area contributed by atoms with Crippen LogP contribution in [0.25, 0.3) is 0 Å². The van der Waals surface area contributed by atoms with E-state index in [0.717, 1.165) is 24.9 Å². The first-order valence-corrected chi connectivity index (χ1v) is 5.25. The quantitative estimate of drug-likeness (QED) is 0.770. The van der Waals surface area contributed by atoms with E-state index in [9.17, 15) is 5.11 Å². The van der Waals surface area contributed by atoms with Crippen LogP contribution >= 0.6 is 0 Å². The number of rotatable bonds is 2. The fourth-order valence-corrected chi connectivity index (χ4v) is 2.02. The van der Waals surface area contributed by atoms with E-state index in [2.05, 4.69) is 11.4 Å². The summed E-state index contributed by atoms with van der Waals surface area (Å²) in [5, 5.41) is 21.8. The van der Waals surface area contributed by atoms with Crippen molar-refractivity contribution in [3.8, 4) is 6.07 Å². The van der Waals surface area contributed by atoms with Gasteiger partial charge < -0.3 is 10.4 Å². The van der Waals surface area contributed by atoms with Gasteiger partial charge in [0.2, 0.25) is 0 Å². The van der Waals surface area contributed by atoms with Crippen LogP contribution in [0.3, 0.4) is 0 Å². The van der Waals surface area contributed by atoms with Gasteiger partial charge in [-0.2, -0.15) is 5.26 Å². The first-order valence-electron chi connectivity index (χ1n) is 5.25. The van der Waals surface area contributed by atoms with E-state index in [-0.39, 0.29) is 12.1 Å². The van der Waals surface area contributed by atoms with Crippen LogP contribution in [0.4, 0.5) is 5.69 Å². The lowest BCUT2D eigenvalue weighted by Crippen LogP contribution is -2.28. The van der Waals surface area contributed by atoms with Crippen LogP contribution in [0.15, 0.2) is 24.3 Å². The summed E-state index contributed by atoms with van der Waals surface area (Å²) in [7, 11) is 0. The SMILES string of the molecule is N#Cc1ccccc1N[C@H]1CCC[C@@H]1O. The van der Waals surface area contributed by atoms with Gasteiger partial charge in [-0.15, -0.1) is 0 Å². The van der Waals surface area contributed by atoms with Gasteiger partial charge in [0.25, 0.3) is 0 Å². The summed E-state index contributed by atoms with van der Waals surface area (Å²) in [5.41, 5.74) is 1.46. The number of aliphatic hydroxyl groups is 1. The van der Waals surface area contributed by atoms with Crippen molar-refractivity contribution in [2.24, 2.45) is 0 Å². The van der Waals surface area contributed by atoms with Crippen LogP contribution in [0, 0.1) is 11.3 Å². The zero-order chi connectivity index (χ0) is 10.7. The molecule has 1 aliphatic rings. The third-order valence-corrected chi connectivity index (χ3v) is 2.87. The van der Waals surface area contributed by atoms with Crippen LogP contribution in [0.1, 0.15) is 24.8 Å². The largest absolute Gasteiger partial charge is 0.391 e. The van der Waals surface area contributed by atoms with Gasteiger partial charge in [0.1, 0.15) is 6.07 Å². The summed E-state index contributed by atoms with van der Waals surface area (Å²) in [4.78, 5) is 0. The average Bonchev–Trinajstić information content (AvgIpc) is 2.65. The minimum absolute atomic E-state index is 0.0968. The maximum absolute atomic E-state index is 9.67. The van der Waals surface area contributed by atoms with Crippen LogP contribution in [-0.2, 0) is 0 Å². The van der Waals surface area contributed by atoms with Gasteiger partial charge in [0.05, 0.1) is 23.4 Å². The molecule has 3 heteroatoms.